The van der Waals surface area contributed by atoms with Gasteiger partial charge in [-0.05, 0) is 20.3 Å². The molecule has 0 atom stereocenters. The van der Waals surface area contributed by atoms with E-state index in [9.17, 15) is 4.79 Å². The molecule has 0 N–H and O–H groups in total. The van der Waals surface area contributed by atoms with E-state index in [-0.39, 0.29) is 6.09 Å². The lowest BCUT2D eigenvalue weighted by Crippen LogP contribution is -2.32. The van der Waals surface area contributed by atoms with Crippen molar-refractivity contribution >= 4 is 6.09 Å². The Morgan fingerprint density at radius 1 is 0.615 bits per heavy atom. The molecule has 26 heavy (non-hydrogen) atoms. The molecule has 0 aromatic heterocycles. The van der Waals surface area contributed by atoms with Gasteiger partial charge in [-0.25, -0.2) is 4.79 Å². The molecular weight excluding hydrogens is 322 g/mol. The summed E-state index contributed by atoms with van der Waals surface area (Å²) in [7, 11) is 0. The van der Waals surface area contributed by atoms with Crippen LogP contribution in [0, 0.1) is 0 Å². The fraction of sp³-hybridized carbons (Fsp3) is 0.957. The number of hydrogen-bond donors (Lipinski definition) is 0. The first kappa shape index (κ1) is 25.3. The molecule has 0 rings (SSSR count). The van der Waals surface area contributed by atoms with Crippen molar-refractivity contribution in [3.63, 3.8) is 0 Å². The molecule has 0 spiro atoms. The van der Waals surface area contributed by atoms with Gasteiger partial charge in [0.2, 0.25) is 0 Å². The second-order valence-corrected chi connectivity index (χ2v) is 7.58. The zero-order chi connectivity index (χ0) is 19.3. The highest BCUT2D eigenvalue weighted by molar-refractivity contribution is 5.67. The zero-order valence-corrected chi connectivity index (χ0v) is 18.2. The summed E-state index contributed by atoms with van der Waals surface area (Å²) in [4.78, 5) is 13.5. The summed E-state index contributed by atoms with van der Waals surface area (Å²) in [6.45, 7) is 8.22. The van der Waals surface area contributed by atoms with Crippen molar-refractivity contribution in [3.05, 3.63) is 0 Å². The Kier molecular flexibility index (Phi) is 20.0. The molecule has 0 unspecified atom stereocenters. The summed E-state index contributed by atoms with van der Waals surface area (Å²) in [5.41, 5.74) is 0. The van der Waals surface area contributed by atoms with Crippen LogP contribution in [0.5, 0.6) is 0 Å². The van der Waals surface area contributed by atoms with Crippen molar-refractivity contribution in [1.82, 2.24) is 4.90 Å². The minimum atomic E-state index is -0.157. The molecule has 0 heterocycles. The first-order valence-electron chi connectivity index (χ1n) is 11.7. The van der Waals surface area contributed by atoms with Crippen LogP contribution in [0.3, 0.4) is 0 Å². The van der Waals surface area contributed by atoms with E-state index in [1.165, 1.54) is 96.3 Å². The summed E-state index contributed by atoms with van der Waals surface area (Å²) in [5.74, 6) is 0. The Morgan fingerprint density at radius 2 is 1.00 bits per heavy atom. The van der Waals surface area contributed by atoms with E-state index < -0.39 is 0 Å². The molecule has 156 valence electrons. The van der Waals surface area contributed by atoms with Crippen molar-refractivity contribution in [2.75, 3.05) is 19.7 Å². The highest BCUT2D eigenvalue weighted by Crippen LogP contribution is 2.13. The molecule has 0 fully saturated rings. The van der Waals surface area contributed by atoms with Crippen LogP contribution in [0.15, 0.2) is 0 Å². The quantitative estimate of drug-likeness (QED) is 0.218. The maximum Gasteiger partial charge on any atom is 0.409 e. The van der Waals surface area contributed by atoms with Gasteiger partial charge in [-0.2, -0.15) is 0 Å². The molecule has 0 aliphatic carbocycles. The molecule has 0 saturated carbocycles. The molecule has 3 nitrogen and oxygen atoms in total. The van der Waals surface area contributed by atoms with Crippen molar-refractivity contribution < 1.29 is 9.53 Å². The van der Waals surface area contributed by atoms with Crippen LogP contribution in [0.2, 0.25) is 0 Å². The van der Waals surface area contributed by atoms with Gasteiger partial charge in [-0.1, -0.05) is 103 Å². The minimum Gasteiger partial charge on any atom is -0.450 e. The van der Waals surface area contributed by atoms with Gasteiger partial charge in [0, 0.05) is 13.1 Å². The predicted octanol–water partition coefficient (Wildman–Crippen LogP) is 7.73. The predicted molar refractivity (Wildman–Crippen MR) is 114 cm³/mol. The molecule has 0 aliphatic rings. The van der Waals surface area contributed by atoms with Crippen LogP contribution in [-0.4, -0.2) is 30.7 Å². The zero-order valence-electron chi connectivity index (χ0n) is 18.2. The summed E-state index contributed by atoms with van der Waals surface area (Å²) >= 11 is 0. The number of carbonyl (C=O) groups excluding carboxylic acids is 1. The number of rotatable bonds is 19. The monoisotopic (exact) mass is 369 g/mol. The molecule has 0 aromatic carbocycles. The number of nitrogens with zero attached hydrogens (tertiary/aromatic N) is 1. The largest absolute Gasteiger partial charge is 0.450 e. The van der Waals surface area contributed by atoms with Gasteiger partial charge >= 0.3 is 6.09 Å². The fourth-order valence-electron chi connectivity index (χ4n) is 3.44. The van der Waals surface area contributed by atoms with Crippen molar-refractivity contribution in [2.45, 2.75) is 124 Å². The van der Waals surface area contributed by atoms with Gasteiger partial charge in [0.15, 0.2) is 0 Å². The molecule has 0 bridgehead atoms. The first-order valence-corrected chi connectivity index (χ1v) is 11.7. The average molecular weight is 370 g/mol. The third kappa shape index (κ3) is 16.7. The average Bonchev–Trinajstić information content (AvgIpc) is 2.64. The van der Waals surface area contributed by atoms with E-state index in [2.05, 4.69) is 6.92 Å². The fourth-order valence-corrected chi connectivity index (χ4v) is 3.44. The van der Waals surface area contributed by atoms with Gasteiger partial charge in [0.05, 0.1) is 6.61 Å². The van der Waals surface area contributed by atoms with Crippen molar-refractivity contribution in [3.8, 4) is 0 Å². The Morgan fingerprint density at radius 3 is 1.35 bits per heavy atom. The van der Waals surface area contributed by atoms with Crippen LogP contribution in [0.4, 0.5) is 4.79 Å². The maximum absolute atomic E-state index is 11.7. The van der Waals surface area contributed by atoms with Crippen molar-refractivity contribution in [2.24, 2.45) is 0 Å². The van der Waals surface area contributed by atoms with Crippen LogP contribution in [0.25, 0.3) is 0 Å². The Labute approximate surface area is 164 Å². The van der Waals surface area contributed by atoms with E-state index in [0.717, 1.165) is 19.5 Å². The second kappa shape index (κ2) is 20.6. The van der Waals surface area contributed by atoms with Crippen LogP contribution in [0.1, 0.15) is 124 Å². The van der Waals surface area contributed by atoms with Gasteiger partial charge in [0.25, 0.3) is 0 Å². The van der Waals surface area contributed by atoms with Gasteiger partial charge in [-0.3, -0.25) is 0 Å². The summed E-state index contributed by atoms with van der Waals surface area (Å²) in [6, 6.07) is 0. The number of unbranched alkanes of at least 4 members (excludes halogenated alkanes) is 15. The smallest absolute Gasteiger partial charge is 0.409 e. The topological polar surface area (TPSA) is 29.5 Å². The first-order chi connectivity index (χ1) is 12.8. The summed E-state index contributed by atoms with van der Waals surface area (Å²) in [6.07, 6.45) is 21.9. The van der Waals surface area contributed by atoms with Crippen LogP contribution < -0.4 is 0 Å². The van der Waals surface area contributed by atoms with E-state index in [1.807, 2.05) is 18.7 Å². The Bertz CT molecular complexity index is 294. The molecule has 3 heteroatoms. The minimum absolute atomic E-state index is 0.157. The van der Waals surface area contributed by atoms with Crippen LogP contribution >= 0.6 is 0 Å². The van der Waals surface area contributed by atoms with E-state index in [1.54, 1.807) is 0 Å². The van der Waals surface area contributed by atoms with Crippen molar-refractivity contribution in [1.29, 1.82) is 0 Å². The highest BCUT2D eigenvalue weighted by atomic mass is 16.6. The molecule has 1 amide bonds. The standard InChI is InChI=1S/C23H47NO2/c1-4-7-8-9-10-11-12-13-14-15-16-17-18-19-20-21-22-24(5-2)23(25)26-6-3/h4-22H2,1-3H3. The highest BCUT2D eigenvalue weighted by Gasteiger charge is 2.10. The third-order valence-corrected chi connectivity index (χ3v) is 5.19. The lowest BCUT2D eigenvalue weighted by molar-refractivity contribution is 0.108. The summed E-state index contributed by atoms with van der Waals surface area (Å²) < 4.78 is 5.06. The second-order valence-electron chi connectivity index (χ2n) is 7.58. The number of ether oxygens (including phenoxy) is 1. The number of amides is 1. The van der Waals surface area contributed by atoms with Gasteiger partial charge in [-0.15, -0.1) is 0 Å². The SMILES string of the molecule is CCCCCCCCCCCCCCCCCCN(CC)C(=O)OCC. The lowest BCUT2D eigenvalue weighted by atomic mass is 10.0. The van der Waals surface area contributed by atoms with Gasteiger partial charge in [0.1, 0.15) is 0 Å². The number of hydrogen-bond acceptors (Lipinski definition) is 2. The van der Waals surface area contributed by atoms with Crippen LogP contribution in [-0.2, 0) is 4.74 Å². The maximum atomic E-state index is 11.7. The summed E-state index contributed by atoms with van der Waals surface area (Å²) in [5, 5.41) is 0. The molecule has 0 radical (unpaired) electrons. The van der Waals surface area contributed by atoms with Gasteiger partial charge < -0.3 is 9.64 Å². The molecule has 0 aliphatic heterocycles. The molecule has 0 aromatic rings. The lowest BCUT2D eigenvalue weighted by Gasteiger charge is -2.19. The Hall–Kier alpha value is -0.730. The van der Waals surface area contributed by atoms with E-state index >= 15 is 0 Å². The third-order valence-electron chi connectivity index (χ3n) is 5.19. The van der Waals surface area contributed by atoms with E-state index in [0.29, 0.717) is 6.61 Å². The molecular formula is C23H47NO2. The Balaban J connectivity index is 3.23. The molecule has 0 saturated heterocycles. The normalized spacial score (nSPS) is 10.9. The van der Waals surface area contributed by atoms with E-state index in [4.69, 9.17) is 4.74 Å². The number of carbonyl (C=O) groups is 1.